The van der Waals surface area contributed by atoms with Crippen LogP contribution in [0.15, 0.2) is 42.5 Å². The van der Waals surface area contributed by atoms with E-state index in [1.54, 1.807) is 12.1 Å². The molecule has 2 aromatic carbocycles. The van der Waals surface area contributed by atoms with Crippen LogP contribution < -0.4 is 5.32 Å². The SMILES string of the molecule is Cn1c(C(=O)NC2(c3ccc(C(C(=O)O)C4CCCC4)cc3)CCC2)cc2c(Cl)c(Cl)ccc21. The maximum Gasteiger partial charge on any atom is 0.311 e. The van der Waals surface area contributed by atoms with Crippen LogP contribution in [0.1, 0.15) is 72.5 Å². The number of carbonyl (C=O) groups excluding carboxylic acids is 1. The highest BCUT2D eigenvalue weighted by molar-refractivity contribution is 6.45. The largest absolute Gasteiger partial charge is 0.481 e. The number of rotatable bonds is 6. The summed E-state index contributed by atoms with van der Waals surface area (Å²) in [6.45, 7) is 0. The Balaban J connectivity index is 1.41. The molecule has 2 N–H and O–H groups in total. The summed E-state index contributed by atoms with van der Waals surface area (Å²) in [5.41, 5.74) is 2.79. The molecular weight excluding hydrogens is 471 g/mol. The Kier molecular flexibility index (Phi) is 6.11. The Hall–Kier alpha value is -2.50. The van der Waals surface area contributed by atoms with Crippen molar-refractivity contribution in [2.75, 3.05) is 0 Å². The Morgan fingerprint density at radius 3 is 2.32 bits per heavy atom. The number of halogens is 2. The maximum atomic E-state index is 13.4. The number of fused-ring (bicyclic) bond motifs is 1. The van der Waals surface area contributed by atoms with E-state index in [9.17, 15) is 14.7 Å². The van der Waals surface area contributed by atoms with E-state index in [1.807, 2.05) is 41.9 Å². The minimum absolute atomic E-state index is 0.163. The molecule has 34 heavy (non-hydrogen) atoms. The molecule has 178 valence electrons. The lowest BCUT2D eigenvalue weighted by molar-refractivity contribution is -0.140. The Bertz CT molecular complexity index is 1260. The molecule has 1 heterocycles. The summed E-state index contributed by atoms with van der Waals surface area (Å²) in [4.78, 5) is 25.4. The smallest absolute Gasteiger partial charge is 0.311 e. The predicted molar refractivity (Wildman–Crippen MR) is 135 cm³/mol. The number of aliphatic carboxylic acids is 1. The third kappa shape index (κ3) is 3.89. The number of hydrogen-bond donors (Lipinski definition) is 2. The van der Waals surface area contributed by atoms with Gasteiger partial charge in [0.2, 0.25) is 0 Å². The third-order valence-corrected chi connectivity index (χ3v) is 8.68. The summed E-state index contributed by atoms with van der Waals surface area (Å²) in [5, 5.41) is 14.8. The fourth-order valence-electron chi connectivity index (χ4n) is 5.78. The molecule has 0 spiro atoms. The number of carboxylic acids is 1. The second-order valence-electron chi connectivity index (χ2n) is 9.76. The summed E-state index contributed by atoms with van der Waals surface area (Å²) in [7, 11) is 1.85. The van der Waals surface area contributed by atoms with Crippen molar-refractivity contribution in [3.05, 3.63) is 69.3 Å². The molecule has 2 aliphatic rings. The van der Waals surface area contributed by atoms with Crippen LogP contribution in [0.5, 0.6) is 0 Å². The number of carbonyl (C=O) groups is 2. The molecule has 1 unspecified atom stereocenters. The summed E-state index contributed by atoms with van der Waals surface area (Å²) >= 11 is 12.5. The van der Waals surface area contributed by atoms with Crippen molar-refractivity contribution >= 4 is 46.0 Å². The minimum atomic E-state index is -0.749. The van der Waals surface area contributed by atoms with Crippen molar-refractivity contribution in [1.82, 2.24) is 9.88 Å². The van der Waals surface area contributed by atoms with Gasteiger partial charge in [0, 0.05) is 18.0 Å². The molecular formula is C27H28Cl2N2O3. The number of nitrogens with zero attached hydrogens (tertiary/aromatic N) is 1. The van der Waals surface area contributed by atoms with Gasteiger partial charge in [0.15, 0.2) is 0 Å². The Morgan fingerprint density at radius 2 is 1.74 bits per heavy atom. The molecule has 2 fully saturated rings. The average molecular weight is 499 g/mol. The van der Waals surface area contributed by atoms with Gasteiger partial charge in [-0.3, -0.25) is 9.59 Å². The highest BCUT2D eigenvalue weighted by Gasteiger charge is 2.41. The van der Waals surface area contributed by atoms with Crippen molar-refractivity contribution in [3.8, 4) is 0 Å². The molecule has 1 aromatic heterocycles. The first-order valence-corrected chi connectivity index (χ1v) is 12.7. The molecule has 0 saturated heterocycles. The van der Waals surface area contributed by atoms with Crippen LogP contribution in [0.3, 0.4) is 0 Å². The van der Waals surface area contributed by atoms with Crippen LogP contribution in [-0.4, -0.2) is 21.6 Å². The van der Waals surface area contributed by atoms with Gasteiger partial charge in [0.05, 0.1) is 21.5 Å². The van der Waals surface area contributed by atoms with Crippen molar-refractivity contribution in [2.45, 2.75) is 56.4 Å². The van der Waals surface area contributed by atoms with Crippen LogP contribution in [0.4, 0.5) is 0 Å². The fraction of sp³-hybridized carbons (Fsp3) is 0.407. The number of benzene rings is 2. The zero-order valence-electron chi connectivity index (χ0n) is 19.1. The molecule has 7 heteroatoms. The van der Waals surface area contributed by atoms with Crippen LogP contribution in [0.25, 0.3) is 10.9 Å². The van der Waals surface area contributed by atoms with E-state index >= 15 is 0 Å². The minimum Gasteiger partial charge on any atom is -0.481 e. The topological polar surface area (TPSA) is 71.3 Å². The van der Waals surface area contributed by atoms with Gasteiger partial charge in [0.25, 0.3) is 5.91 Å². The molecule has 0 radical (unpaired) electrons. The van der Waals surface area contributed by atoms with Crippen molar-refractivity contribution < 1.29 is 14.7 Å². The van der Waals surface area contributed by atoms with Crippen molar-refractivity contribution in [2.24, 2.45) is 13.0 Å². The molecule has 1 amide bonds. The summed E-state index contributed by atoms with van der Waals surface area (Å²) < 4.78 is 1.83. The molecule has 0 aliphatic heterocycles. The van der Waals surface area contributed by atoms with Crippen LogP contribution in [-0.2, 0) is 17.4 Å². The quantitative estimate of drug-likeness (QED) is 0.399. The molecule has 3 aromatic rings. The third-order valence-electron chi connectivity index (χ3n) is 7.87. The molecule has 1 atom stereocenters. The monoisotopic (exact) mass is 498 g/mol. The van der Waals surface area contributed by atoms with Crippen molar-refractivity contribution in [1.29, 1.82) is 0 Å². The Morgan fingerprint density at radius 1 is 1.06 bits per heavy atom. The Labute approximate surface area is 209 Å². The van der Waals surface area contributed by atoms with Crippen LogP contribution in [0.2, 0.25) is 10.0 Å². The van der Waals surface area contributed by atoms with Gasteiger partial charge >= 0.3 is 5.97 Å². The van der Waals surface area contributed by atoms with E-state index in [-0.39, 0.29) is 11.8 Å². The first kappa shape index (κ1) is 23.3. The molecule has 0 bridgehead atoms. The van der Waals surface area contributed by atoms with E-state index in [2.05, 4.69) is 5.32 Å². The lowest BCUT2D eigenvalue weighted by atomic mass is 9.71. The number of hydrogen-bond acceptors (Lipinski definition) is 2. The normalized spacial score (nSPS) is 18.6. The zero-order valence-corrected chi connectivity index (χ0v) is 20.6. The molecule has 5 rings (SSSR count). The summed E-state index contributed by atoms with van der Waals surface area (Å²) in [6, 6.07) is 13.3. The summed E-state index contributed by atoms with van der Waals surface area (Å²) in [6.07, 6.45) is 6.87. The fourth-order valence-corrected chi connectivity index (χ4v) is 6.16. The number of carboxylic acid groups (broad SMARTS) is 1. The van der Waals surface area contributed by atoms with Gasteiger partial charge in [-0.2, -0.15) is 0 Å². The lowest BCUT2D eigenvalue weighted by Crippen LogP contribution is -2.51. The van der Waals surface area contributed by atoms with Gasteiger partial charge < -0.3 is 15.0 Å². The lowest BCUT2D eigenvalue weighted by Gasteiger charge is -2.43. The molecule has 5 nitrogen and oxygen atoms in total. The van der Waals surface area contributed by atoms with Gasteiger partial charge in [-0.25, -0.2) is 0 Å². The maximum absolute atomic E-state index is 13.4. The van der Waals surface area contributed by atoms with Crippen molar-refractivity contribution in [3.63, 3.8) is 0 Å². The standard InChI is InChI=1S/C27H28Cl2N2O3/c1-31-21-12-11-20(28)24(29)19(21)15-22(31)25(32)30-27(13-4-14-27)18-9-7-17(8-10-18)23(26(33)34)16-5-2-3-6-16/h7-12,15-16,23H,2-6,13-14H2,1H3,(H,30,32)(H,33,34). The molecule has 2 saturated carbocycles. The van der Waals surface area contributed by atoms with Crippen LogP contribution in [0, 0.1) is 5.92 Å². The number of nitrogens with one attached hydrogen (secondary N) is 1. The zero-order chi connectivity index (χ0) is 24.0. The number of aryl methyl sites for hydroxylation is 1. The second-order valence-corrected chi connectivity index (χ2v) is 10.5. The second kappa shape index (κ2) is 8.94. The van der Waals surface area contributed by atoms with E-state index < -0.39 is 17.4 Å². The van der Waals surface area contributed by atoms with Gasteiger partial charge in [-0.15, -0.1) is 0 Å². The van der Waals surface area contributed by atoms with E-state index in [0.29, 0.717) is 15.7 Å². The van der Waals surface area contributed by atoms with E-state index in [4.69, 9.17) is 23.2 Å². The van der Waals surface area contributed by atoms with Gasteiger partial charge in [-0.1, -0.05) is 60.3 Å². The average Bonchev–Trinajstić information content (AvgIpc) is 3.42. The predicted octanol–water partition coefficient (Wildman–Crippen LogP) is 6.65. The summed E-state index contributed by atoms with van der Waals surface area (Å²) in [5.74, 6) is -1.17. The number of aromatic nitrogens is 1. The van der Waals surface area contributed by atoms with Crippen LogP contribution >= 0.6 is 23.2 Å². The first-order valence-electron chi connectivity index (χ1n) is 11.9. The van der Waals surface area contributed by atoms with Gasteiger partial charge in [-0.05, 0) is 67.3 Å². The van der Waals surface area contributed by atoms with E-state index in [1.165, 1.54) is 0 Å². The highest BCUT2D eigenvalue weighted by Crippen LogP contribution is 2.43. The van der Waals surface area contributed by atoms with E-state index in [0.717, 1.165) is 67.0 Å². The highest BCUT2D eigenvalue weighted by atomic mass is 35.5. The van der Waals surface area contributed by atoms with Gasteiger partial charge in [0.1, 0.15) is 5.69 Å². The molecule has 2 aliphatic carbocycles. The number of amides is 1. The first-order chi connectivity index (χ1) is 16.3.